The normalized spacial score (nSPS) is 14.2. The molecule has 2 atom stereocenters. The monoisotopic (exact) mass is 373 g/mol. The number of hydrogen-bond donors (Lipinski definition) is 2. The van der Waals surface area contributed by atoms with E-state index in [0.717, 1.165) is 19.2 Å². The molecule has 0 saturated carbocycles. The summed E-state index contributed by atoms with van der Waals surface area (Å²) < 4.78 is 39.7. The fourth-order valence-corrected chi connectivity index (χ4v) is 3.96. The Kier molecular flexibility index (Phi) is 8.31. The maximum Gasteiger partial charge on any atom is 0.233 e. The number of rotatable bonds is 10. The molecule has 2 N–H and O–H groups in total. The minimum absolute atomic E-state index is 0.141. The number of hydrogen-bond acceptors (Lipinski definition) is 4. The van der Waals surface area contributed by atoms with Crippen molar-refractivity contribution < 1.29 is 17.6 Å². The fourth-order valence-electron chi connectivity index (χ4n) is 2.58. The summed E-state index contributed by atoms with van der Waals surface area (Å²) in [5.74, 6) is -1.93. The van der Waals surface area contributed by atoms with E-state index in [9.17, 15) is 17.6 Å². The van der Waals surface area contributed by atoms with Gasteiger partial charge in [0.15, 0.2) is 0 Å². The highest BCUT2D eigenvalue weighted by atomic mass is 32.2. The molecule has 0 spiro atoms. The van der Waals surface area contributed by atoms with Crippen molar-refractivity contribution in [2.24, 2.45) is 5.92 Å². The number of carbonyl (C=O) groups is 1. The smallest absolute Gasteiger partial charge is 0.233 e. The molecular formula is C17H28FN3O3S. The summed E-state index contributed by atoms with van der Waals surface area (Å²) in [6, 6.07) is 5.36. The molecule has 0 saturated heterocycles. The molecule has 6 nitrogen and oxygen atoms in total. The molecule has 0 aromatic heterocycles. The Hall–Kier alpha value is -1.67. The largest absolute Gasteiger partial charge is 0.354 e. The summed E-state index contributed by atoms with van der Waals surface area (Å²) in [6.07, 6.45) is 0. The minimum atomic E-state index is -3.75. The minimum Gasteiger partial charge on any atom is -0.354 e. The third-order valence-electron chi connectivity index (χ3n) is 4.02. The Morgan fingerprint density at radius 3 is 2.44 bits per heavy atom. The Labute approximate surface area is 149 Å². The molecule has 8 heteroatoms. The van der Waals surface area contributed by atoms with E-state index in [2.05, 4.69) is 28.8 Å². The maximum atomic E-state index is 13.1. The lowest BCUT2D eigenvalue weighted by Gasteiger charge is -2.27. The van der Waals surface area contributed by atoms with Gasteiger partial charge in [0.2, 0.25) is 15.9 Å². The molecule has 0 aliphatic rings. The van der Waals surface area contributed by atoms with Gasteiger partial charge in [0.1, 0.15) is 5.82 Å². The number of sulfonamides is 1. The number of anilines is 1. The van der Waals surface area contributed by atoms with Gasteiger partial charge in [-0.25, -0.2) is 12.8 Å². The summed E-state index contributed by atoms with van der Waals surface area (Å²) >= 11 is 0. The predicted molar refractivity (Wildman–Crippen MR) is 98.4 cm³/mol. The van der Waals surface area contributed by atoms with Crippen LogP contribution in [0.1, 0.15) is 27.7 Å². The zero-order valence-electron chi connectivity index (χ0n) is 15.3. The molecule has 0 heterocycles. The third kappa shape index (κ3) is 7.39. The first-order valence-corrected chi connectivity index (χ1v) is 10.1. The highest BCUT2D eigenvalue weighted by Gasteiger charge is 2.22. The molecule has 0 aliphatic carbocycles. The lowest BCUT2D eigenvalue weighted by atomic mass is 10.2. The summed E-state index contributed by atoms with van der Waals surface area (Å²) in [4.78, 5) is 14.4. The van der Waals surface area contributed by atoms with Crippen LogP contribution < -0.4 is 10.0 Å². The first kappa shape index (κ1) is 21.4. The van der Waals surface area contributed by atoms with Gasteiger partial charge < -0.3 is 5.32 Å². The van der Waals surface area contributed by atoms with Crippen LogP contribution in [0.4, 0.5) is 10.1 Å². The van der Waals surface area contributed by atoms with Crippen LogP contribution in [0.3, 0.4) is 0 Å². The number of nitrogens with zero attached hydrogens (tertiary/aromatic N) is 1. The molecular weight excluding hydrogens is 345 g/mol. The van der Waals surface area contributed by atoms with Gasteiger partial charge >= 0.3 is 0 Å². The molecule has 2 unspecified atom stereocenters. The number of amides is 1. The van der Waals surface area contributed by atoms with E-state index in [4.69, 9.17) is 0 Å². The maximum absolute atomic E-state index is 13.1. The second-order valence-electron chi connectivity index (χ2n) is 6.11. The molecule has 1 amide bonds. The van der Waals surface area contributed by atoms with Gasteiger partial charge in [0.05, 0.1) is 17.4 Å². The fraction of sp³-hybridized carbons (Fsp3) is 0.588. The van der Waals surface area contributed by atoms with E-state index in [-0.39, 0.29) is 23.4 Å². The van der Waals surface area contributed by atoms with Gasteiger partial charge in [-0.15, -0.1) is 0 Å². The highest BCUT2D eigenvalue weighted by Crippen LogP contribution is 2.13. The van der Waals surface area contributed by atoms with E-state index in [1.165, 1.54) is 18.2 Å². The van der Waals surface area contributed by atoms with E-state index in [0.29, 0.717) is 6.54 Å². The van der Waals surface area contributed by atoms with Crippen molar-refractivity contribution in [2.75, 3.05) is 30.1 Å². The number of benzene rings is 1. The second kappa shape index (κ2) is 9.72. The van der Waals surface area contributed by atoms with Crippen LogP contribution in [0.2, 0.25) is 0 Å². The van der Waals surface area contributed by atoms with Crippen molar-refractivity contribution in [2.45, 2.75) is 33.7 Å². The first-order valence-electron chi connectivity index (χ1n) is 8.46. The second-order valence-corrected chi connectivity index (χ2v) is 7.88. The van der Waals surface area contributed by atoms with Crippen LogP contribution in [0.5, 0.6) is 0 Å². The van der Waals surface area contributed by atoms with Crippen LogP contribution in [-0.2, 0) is 14.8 Å². The lowest BCUT2D eigenvalue weighted by Crippen LogP contribution is -2.44. The molecule has 1 aromatic carbocycles. The quantitative estimate of drug-likeness (QED) is 0.658. The molecule has 1 aromatic rings. The average molecular weight is 373 g/mol. The Balaban J connectivity index is 2.55. The van der Waals surface area contributed by atoms with Crippen molar-refractivity contribution in [3.8, 4) is 0 Å². The van der Waals surface area contributed by atoms with Crippen LogP contribution in [-0.4, -0.2) is 50.7 Å². The zero-order chi connectivity index (χ0) is 19.0. The Morgan fingerprint density at radius 2 is 1.88 bits per heavy atom. The number of halogens is 1. The summed E-state index contributed by atoms with van der Waals surface area (Å²) in [5.41, 5.74) is 0.141. The average Bonchev–Trinajstić information content (AvgIpc) is 2.52. The summed E-state index contributed by atoms with van der Waals surface area (Å²) in [5, 5.41) is 2.79. The van der Waals surface area contributed by atoms with E-state index >= 15 is 0 Å². The van der Waals surface area contributed by atoms with Crippen molar-refractivity contribution in [3.63, 3.8) is 0 Å². The van der Waals surface area contributed by atoms with Gasteiger partial charge in [0, 0.05) is 12.6 Å². The zero-order valence-corrected chi connectivity index (χ0v) is 16.1. The van der Waals surface area contributed by atoms with Crippen molar-refractivity contribution in [1.82, 2.24) is 10.2 Å². The first-order chi connectivity index (χ1) is 11.7. The van der Waals surface area contributed by atoms with E-state index < -0.39 is 21.8 Å². The molecule has 0 fully saturated rings. The molecule has 0 aliphatic heterocycles. The van der Waals surface area contributed by atoms with Gasteiger partial charge in [-0.2, -0.15) is 0 Å². The number of likely N-dealkylation sites (N-methyl/N-ethyl adjacent to an activating group) is 1. The van der Waals surface area contributed by atoms with E-state index in [1.807, 2.05) is 6.92 Å². The van der Waals surface area contributed by atoms with Gasteiger partial charge in [0.25, 0.3) is 0 Å². The summed E-state index contributed by atoms with van der Waals surface area (Å²) in [6.45, 7) is 9.90. The third-order valence-corrected chi connectivity index (χ3v) is 5.51. The van der Waals surface area contributed by atoms with Crippen LogP contribution in [0.15, 0.2) is 24.3 Å². The van der Waals surface area contributed by atoms with Gasteiger partial charge in [-0.05, 0) is 38.2 Å². The molecule has 0 radical (unpaired) electrons. The Bertz CT molecular complexity index is 663. The number of nitrogens with one attached hydrogen (secondary N) is 2. The van der Waals surface area contributed by atoms with Crippen LogP contribution in [0, 0.1) is 11.7 Å². The number of carbonyl (C=O) groups excluding carboxylic acids is 1. The van der Waals surface area contributed by atoms with Crippen molar-refractivity contribution >= 4 is 21.6 Å². The topological polar surface area (TPSA) is 78.5 Å². The lowest BCUT2D eigenvalue weighted by molar-refractivity contribution is -0.124. The Morgan fingerprint density at radius 1 is 1.24 bits per heavy atom. The van der Waals surface area contributed by atoms with Crippen molar-refractivity contribution in [1.29, 1.82) is 0 Å². The van der Waals surface area contributed by atoms with Gasteiger partial charge in [-0.1, -0.05) is 26.8 Å². The standard InChI is InChI=1S/C17H28FN3O3S/c1-5-21(6-2)14(4)11-19-17(22)13(3)12-25(23,24)20-16-9-7-8-15(18)10-16/h7-10,13-14,20H,5-6,11-12H2,1-4H3,(H,19,22). The van der Waals surface area contributed by atoms with Crippen molar-refractivity contribution in [3.05, 3.63) is 30.1 Å². The molecule has 1 rings (SSSR count). The van der Waals surface area contributed by atoms with Gasteiger partial charge in [-0.3, -0.25) is 14.4 Å². The molecule has 142 valence electrons. The molecule has 0 bridgehead atoms. The molecule has 25 heavy (non-hydrogen) atoms. The van der Waals surface area contributed by atoms with Crippen LogP contribution >= 0.6 is 0 Å². The summed E-state index contributed by atoms with van der Waals surface area (Å²) in [7, 11) is -3.75. The van der Waals surface area contributed by atoms with E-state index in [1.54, 1.807) is 6.92 Å². The SMILES string of the molecule is CCN(CC)C(C)CNC(=O)C(C)CS(=O)(=O)Nc1cccc(F)c1. The predicted octanol–water partition coefficient (Wildman–Crippen LogP) is 2.05. The highest BCUT2D eigenvalue weighted by molar-refractivity contribution is 7.92. The van der Waals surface area contributed by atoms with Crippen LogP contribution in [0.25, 0.3) is 0 Å².